The number of fused-ring (bicyclic) bond motifs is 10. The Morgan fingerprint density at radius 1 is 0.431 bits per heavy atom. The number of thiophene rings is 1. The highest BCUT2D eigenvalue weighted by molar-refractivity contribution is 7.20. The van der Waals surface area contributed by atoms with Crippen molar-refractivity contribution in [1.29, 1.82) is 0 Å². The second-order valence-corrected chi connectivity index (χ2v) is 18.2. The average molecular weight is 848 g/mol. The van der Waals surface area contributed by atoms with Gasteiger partial charge in [0.15, 0.2) is 0 Å². The van der Waals surface area contributed by atoms with E-state index in [9.17, 15) is 0 Å². The average Bonchev–Trinajstić information content (AvgIpc) is 3.88. The summed E-state index contributed by atoms with van der Waals surface area (Å²) < 4.78 is 1.23. The monoisotopic (exact) mass is 847 g/mol. The topological polar surface area (TPSA) is 3.24 Å². The SMILES string of the molecule is C=Cc1sc2cc(N(c3ccc(-c4ccccc4)cc3)c3ccc4c(c3)C3(c5ccccc5-4)c4ccccc4C(c4ccccc4)(c4ccccc4)c4ccccc43)ccc2c1/C=C\C. The summed E-state index contributed by atoms with van der Waals surface area (Å²) in [7, 11) is 0. The van der Waals surface area contributed by atoms with Gasteiger partial charge >= 0.3 is 0 Å². The highest BCUT2D eigenvalue weighted by atomic mass is 32.1. The van der Waals surface area contributed by atoms with Gasteiger partial charge in [-0.3, -0.25) is 0 Å². The molecule has 308 valence electrons. The number of rotatable bonds is 8. The second-order valence-electron chi connectivity index (χ2n) is 17.1. The number of allylic oxidation sites excluding steroid dienone is 1. The normalized spacial score (nSPS) is 13.9. The lowest BCUT2D eigenvalue weighted by Crippen LogP contribution is -2.44. The molecule has 2 heteroatoms. The van der Waals surface area contributed by atoms with E-state index in [1.165, 1.54) is 87.3 Å². The molecule has 0 atom stereocenters. The standard InChI is InChI=1S/C63H45NS/c1-3-20-52-53-40-38-49(42-61(53)65-60(52)4-2)64(47-35-33-44(34-36-47)43-21-8-5-9-22-43)48-37-39-51-50-27-14-15-28-54(50)63(59(51)41-48)57-31-18-16-29-55(57)62(45-23-10-6-11-24-45,46-25-12-7-13-26-46)56-30-17-19-32-58(56)63/h3-42H,2H2,1H3/b20-3-. The van der Waals surface area contributed by atoms with Crippen molar-refractivity contribution < 1.29 is 0 Å². The van der Waals surface area contributed by atoms with Crippen LogP contribution in [0.15, 0.2) is 237 Å². The van der Waals surface area contributed by atoms with Crippen molar-refractivity contribution in [1.82, 2.24) is 0 Å². The van der Waals surface area contributed by atoms with Crippen LogP contribution in [-0.4, -0.2) is 0 Å². The number of hydrogen-bond donors (Lipinski definition) is 0. The van der Waals surface area contributed by atoms with Gasteiger partial charge in [0, 0.05) is 32.0 Å². The Hall–Kier alpha value is -7.78. The zero-order valence-electron chi connectivity index (χ0n) is 36.2. The molecule has 1 nitrogen and oxygen atoms in total. The van der Waals surface area contributed by atoms with Gasteiger partial charge in [0.25, 0.3) is 0 Å². The minimum absolute atomic E-state index is 0.560. The molecule has 0 bridgehead atoms. The molecule has 1 heterocycles. The fourth-order valence-corrected chi connectivity index (χ4v) is 12.4. The molecule has 2 aliphatic carbocycles. The first kappa shape index (κ1) is 38.9. The first-order valence-electron chi connectivity index (χ1n) is 22.5. The van der Waals surface area contributed by atoms with Gasteiger partial charge in [0.05, 0.1) is 10.8 Å². The fourth-order valence-electron chi connectivity index (χ4n) is 11.4. The van der Waals surface area contributed by atoms with Crippen LogP contribution in [-0.2, 0) is 10.8 Å². The van der Waals surface area contributed by atoms with E-state index in [0.29, 0.717) is 0 Å². The number of anilines is 3. The Balaban J connectivity index is 1.14. The van der Waals surface area contributed by atoms with E-state index in [-0.39, 0.29) is 0 Å². The molecule has 9 aromatic carbocycles. The van der Waals surface area contributed by atoms with E-state index in [4.69, 9.17) is 0 Å². The Morgan fingerprint density at radius 3 is 1.51 bits per heavy atom. The Labute approximate surface area is 385 Å². The lowest BCUT2D eigenvalue weighted by Gasteiger charge is -2.50. The van der Waals surface area contributed by atoms with Gasteiger partial charge in [0.1, 0.15) is 0 Å². The van der Waals surface area contributed by atoms with Gasteiger partial charge in [0.2, 0.25) is 0 Å². The largest absolute Gasteiger partial charge is 0.310 e. The third-order valence-electron chi connectivity index (χ3n) is 13.9. The van der Waals surface area contributed by atoms with Gasteiger partial charge in [-0.05, 0) is 116 Å². The van der Waals surface area contributed by atoms with Gasteiger partial charge in [-0.1, -0.05) is 213 Å². The predicted octanol–water partition coefficient (Wildman–Crippen LogP) is 16.8. The zero-order chi connectivity index (χ0) is 43.5. The maximum Gasteiger partial charge on any atom is 0.0720 e. The third kappa shape index (κ3) is 5.70. The van der Waals surface area contributed by atoms with Gasteiger partial charge in [-0.15, -0.1) is 11.3 Å². The minimum Gasteiger partial charge on any atom is -0.310 e. The van der Waals surface area contributed by atoms with Crippen molar-refractivity contribution in [3.05, 3.63) is 292 Å². The molecule has 0 N–H and O–H groups in total. The Morgan fingerprint density at radius 2 is 0.908 bits per heavy atom. The van der Waals surface area contributed by atoms with E-state index in [2.05, 4.69) is 255 Å². The van der Waals surface area contributed by atoms with Crippen LogP contribution in [0.3, 0.4) is 0 Å². The molecule has 0 saturated carbocycles. The summed E-state index contributed by atoms with van der Waals surface area (Å²) in [5.74, 6) is 0. The van der Waals surface area contributed by atoms with Gasteiger partial charge < -0.3 is 4.90 Å². The van der Waals surface area contributed by atoms with E-state index >= 15 is 0 Å². The Kier molecular flexibility index (Phi) is 9.26. The van der Waals surface area contributed by atoms with Crippen LogP contribution < -0.4 is 4.90 Å². The van der Waals surface area contributed by atoms with Crippen molar-refractivity contribution in [3.63, 3.8) is 0 Å². The Bertz CT molecular complexity index is 3360. The summed E-state index contributed by atoms with van der Waals surface area (Å²) in [5, 5.41) is 1.24. The summed E-state index contributed by atoms with van der Waals surface area (Å²) >= 11 is 1.80. The minimum atomic E-state index is -0.608. The van der Waals surface area contributed by atoms with Gasteiger partial charge in [-0.2, -0.15) is 0 Å². The molecule has 1 spiro atoms. The molecule has 0 aliphatic heterocycles. The summed E-state index contributed by atoms with van der Waals surface area (Å²) in [6.07, 6.45) is 6.31. The van der Waals surface area contributed by atoms with Crippen LogP contribution in [0.25, 0.3) is 44.5 Å². The van der Waals surface area contributed by atoms with Crippen molar-refractivity contribution >= 4 is 50.6 Å². The van der Waals surface area contributed by atoms with Crippen LogP contribution >= 0.6 is 11.3 Å². The molecule has 65 heavy (non-hydrogen) atoms. The van der Waals surface area contributed by atoms with E-state index in [1.54, 1.807) is 11.3 Å². The number of nitrogens with zero attached hydrogens (tertiary/aromatic N) is 1. The van der Waals surface area contributed by atoms with Crippen molar-refractivity contribution in [2.24, 2.45) is 0 Å². The molecule has 0 radical (unpaired) electrons. The number of benzene rings is 9. The first-order chi connectivity index (χ1) is 32.2. The lowest BCUT2D eigenvalue weighted by molar-refractivity contribution is 0.623. The van der Waals surface area contributed by atoms with Crippen LogP contribution in [0.2, 0.25) is 0 Å². The van der Waals surface area contributed by atoms with E-state index in [1.807, 2.05) is 6.08 Å². The molecule has 12 rings (SSSR count). The molecular weight excluding hydrogens is 803 g/mol. The third-order valence-corrected chi connectivity index (χ3v) is 15.1. The quantitative estimate of drug-likeness (QED) is 0.147. The van der Waals surface area contributed by atoms with Gasteiger partial charge in [-0.25, -0.2) is 0 Å². The van der Waals surface area contributed by atoms with Crippen molar-refractivity contribution in [2.75, 3.05) is 4.90 Å². The maximum absolute atomic E-state index is 4.19. The highest BCUT2D eigenvalue weighted by Crippen LogP contribution is 2.65. The molecule has 2 aliphatic rings. The van der Waals surface area contributed by atoms with Crippen LogP contribution in [0.1, 0.15) is 61.9 Å². The molecule has 1 aromatic heterocycles. The zero-order valence-corrected chi connectivity index (χ0v) is 37.0. The second kappa shape index (κ2) is 15.5. The molecule has 0 amide bonds. The summed E-state index contributed by atoms with van der Waals surface area (Å²) in [4.78, 5) is 3.63. The van der Waals surface area contributed by atoms with Crippen LogP contribution in [0, 0.1) is 0 Å². The summed E-state index contributed by atoms with van der Waals surface area (Å²) in [5.41, 5.74) is 18.6. The molecule has 0 saturated heterocycles. The predicted molar refractivity (Wildman–Crippen MR) is 276 cm³/mol. The molecule has 10 aromatic rings. The van der Waals surface area contributed by atoms with Crippen LogP contribution in [0.4, 0.5) is 17.1 Å². The van der Waals surface area contributed by atoms with Crippen molar-refractivity contribution in [2.45, 2.75) is 17.8 Å². The van der Waals surface area contributed by atoms with E-state index in [0.717, 1.165) is 17.1 Å². The van der Waals surface area contributed by atoms with E-state index < -0.39 is 10.8 Å². The maximum atomic E-state index is 4.19. The molecule has 0 fully saturated rings. The highest BCUT2D eigenvalue weighted by Gasteiger charge is 2.56. The molecular formula is C63H45NS. The molecule has 0 unspecified atom stereocenters. The summed E-state index contributed by atoms with van der Waals surface area (Å²) in [6, 6.07) is 83.9. The smallest absolute Gasteiger partial charge is 0.0720 e. The number of hydrogen-bond acceptors (Lipinski definition) is 2. The van der Waals surface area contributed by atoms with Crippen LogP contribution in [0.5, 0.6) is 0 Å². The fraction of sp³-hybridized carbons (Fsp3) is 0.0476. The summed E-state index contributed by atoms with van der Waals surface area (Å²) in [6.45, 7) is 6.27. The lowest BCUT2D eigenvalue weighted by atomic mass is 9.51. The first-order valence-corrected chi connectivity index (χ1v) is 23.3. The van der Waals surface area contributed by atoms with Crippen molar-refractivity contribution in [3.8, 4) is 22.3 Å².